The van der Waals surface area contributed by atoms with Crippen molar-refractivity contribution in [3.63, 3.8) is 0 Å². The number of amides is 3. The molecule has 1 saturated carbocycles. The summed E-state index contributed by atoms with van der Waals surface area (Å²) in [5.74, 6) is -0.291. The second-order valence-electron chi connectivity index (χ2n) is 9.82. The van der Waals surface area contributed by atoms with Crippen molar-refractivity contribution in [2.24, 2.45) is 16.7 Å². The predicted molar refractivity (Wildman–Crippen MR) is 109 cm³/mol. The fourth-order valence-electron chi connectivity index (χ4n) is 5.56. The molecular formula is C22H30N4O3. The smallest absolute Gasteiger partial charge is 0.272 e. The van der Waals surface area contributed by atoms with Gasteiger partial charge < -0.3 is 15.5 Å². The molecule has 3 fully saturated rings. The largest absolute Gasteiger partial charge is 0.346 e. The highest BCUT2D eigenvalue weighted by atomic mass is 16.2. The summed E-state index contributed by atoms with van der Waals surface area (Å²) >= 11 is 0. The molecule has 156 valence electrons. The minimum atomic E-state index is -0.314. The fourth-order valence-corrected chi connectivity index (χ4v) is 5.56. The molecule has 2 saturated heterocycles. The second kappa shape index (κ2) is 6.54. The zero-order chi connectivity index (χ0) is 21.1. The summed E-state index contributed by atoms with van der Waals surface area (Å²) in [6, 6.07) is 3.50. The second-order valence-corrected chi connectivity index (χ2v) is 9.82. The van der Waals surface area contributed by atoms with Gasteiger partial charge in [0.15, 0.2) is 5.69 Å². The van der Waals surface area contributed by atoms with Gasteiger partial charge in [0.05, 0.1) is 17.8 Å². The highest BCUT2D eigenvalue weighted by Crippen LogP contribution is 2.69. The third-order valence-electron chi connectivity index (χ3n) is 7.71. The van der Waals surface area contributed by atoms with Crippen molar-refractivity contribution in [3.8, 4) is 0 Å². The van der Waals surface area contributed by atoms with Crippen LogP contribution >= 0.6 is 0 Å². The summed E-state index contributed by atoms with van der Waals surface area (Å²) in [6.07, 6.45) is 4.22. The van der Waals surface area contributed by atoms with Gasteiger partial charge >= 0.3 is 0 Å². The first-order chi connectivity index (χ1) is 13.6. The number of anilines is 1. The van der Waals surface area contributed by atoms with E-state index in [4.69, 9.17) is 0 Å². The number of rotatable bonds is 4. The minimum Gasteiger partial charge on any atom is -0.346 e. The SMILES string of the molecule is CC(=O)Nc1cccnc1C(=O)N[C@@H]1C[C@@H]2CC[C@H]1N2C(=O)C1C(C)(C)C1(C)C. The van der Waals surface area contributed by atoms with Crippen LogP contribution in [0.4, 0.5) is 5.69 Å². The standard InChI is InChI=1S/C22H30N4O3/c1-12(27)24-14-7-6-10-23-17(14)19(28)25-15-11-13-8-9-16(15)26(13)20(29)18-21(2,3)22(18,4)5/h6-7,10,13,15-16,18H,8-9,11H2,1-5H3,(H,24,27)(H,25,28)/t13-,15+,16+/m0/s1. The molecule has 0 aromatic carbocycles. The number of fused-ring (bicyclic) bond motifs is 2. The highest BCUT2D eigenvalue weighted by molar-refractivity contribution is 6.01. The molecule has 4 rings (SSSR count). The maximum atomic E-state index is 13.3. The van der Waals surface area contributed by atoms with E-state index < -0.39 is 0 Å². The third kappa shape index (κ3) is 3.02. The van der Waals surface area contributed by atoms with Crippen LogP contribution in [0.1, 0.15) is 64.4 Å². The Bertz CT molecular complexity index is 865. The van der Waals surface area contributed by atoms with Crippen molar-refractivity contribution in [3.05, 3.63) is 24.0 Å². The zero-order valence-corrected chi connectivity index (χ0v) is 17.8. The Labute approximate surface area is 171 Å². The van der Waals surface area contributed by atoms with Gasteiger partial charge in [-0.05, 0) is 42.2 Å². The molecule has 3 aliphatic rings. The molecule has 3 atom stereocenters. The van der Waals surface area contributed by atoms with Gasteiger partial charge in [0.1, 0.15) is 0 Å². The minimum absolute atomic E-state index is 0.00603. The number of hydrogen-bond acceptors (Lipinski definition) is 4. The van der Waals surface area contributed by atoms with Crippen molar-refractivity contribution in [1.82, 2.24) is 15.2 Å². The molecule has 1 aliphatic carbocycles. The molecular weight excluding hydrogens is 368 g/mol. The molecule has 0 radical (unpaired) electrons. The lowest BCUT2D eigenvalue weighted by Crippen LogP contribution is -2.46. The van der Waals surface area contributed by atoms with Gasteiger partial charge in [-0.15, -0.1) is 0 Å². The summed E-state index contributed by atoms with van der Waals surface area (Å²) < 4.78 is 0. The van der Waals surface area contributed by atoms with Gasteiger partial charge in [0.2, 0.25) is 11.8 Å². The molecule has 2 aliphatic heterocycles. The number of carbonyl (C=O) groups is 3. The summed E-state index contributed by atoms with van der Waals surface area (Å²) in [5.41, 5.74) is 0.612. The maximum Gasteiger partial charge on any atom is 0.272 e. The average molecular weight is 399 g/mol. The molecule has 1 aromatic rings. The van der Waals surface area contributed by atoms with E-state index in [9.17, 15) is 14.4 Å². The number of aromatic nitrogens is 1. The molecule has 2 N–H and O–H groups in total. The number of carbonyl (C=O) groups excluding carboxylic acids is 3. The average Bonchev–Trinajstić information content (AvgIpc) is 3.00. The summed E-state index contributed by atoms with van der Waals surface area (Å²) in [6.45, 7) is 10.1. The maximum absolute atomic E-state index is 13.3. The first-order valence-corrected chi connectivity index (χ1v) is 10.4. The Morgan fingerprint density at radius 2 is 1.83 bits per heavy atom. The summed E-state index contributed by atoms with van der Waals surface area (Å²) in [5, 5.41) is 5.73. The van der Waals surface area contributed by atoms with Crippen molar-refractivity contribution < 1.29 is 14.4 Å². The zero-order valence-electron chi connectivity index (χ0n) is 17.8. The van der Waals surface area contributed by atoms with E-state index >= 15 is 0 Å². The molecule has 29 heavy (non-hydrogen) atoms. The third-order valence-corrected chi connectivity index (χ3v) is 7.71. The van der Waals surface area contributed by atoms with Crippen LogP contribution in [0.5, 0.6) is 0 Å². The van der Waals surface area contributed by atoms with Crippen molar-refractivity contribution >= 4 is 23.4 Å². The lowest BCUT2D eigenvalue weighted by Gasteiger charge is -2.26. The number of nitrogens with one attached hydrogen (secondary N) is 2. The Morgan fingerprint density at radius 1 is 1.14 bits per heavy atom. The van der Waals surface area contributed by atoms with Gasteiger partial charge in [0.25, 0.3) is 5.91 Å². The molecule has 0 spiro atoms. The van der Waals surface area contributed by atoms with E-state index in [0.717, 1.165) is 19.3 Å². The van der Waals surface area contributed by atoms with Crippen LogP contribution in [-0.2, 0) is 9.59 Å². The Kier molecular flexibility index (Phi) is 4.48. The van der Waals surface area contributed by atoms with Crippen LogP contribution in [0.15, 0.2) is 18.3 Å². The van der Waals surface area contributed by atoms with Crippen LogP contribution in [0.2, 0.25) is 0 Å². The topological polar surface area (TPSA) is 91.4 Å². The van der Waals surface area contributed by atoms with E-state index in [2.05, 4.69) is 48.2 Å². The Balaban J connectivity index is 1.48. The van der Waals surface area contributed by atoms with E-state index in [-0.39, 0.29) is 58.3 Å². The van der Waals surface area contributed by atoms with Crippen LogP contribution in [0.25, 0.3) is 0 Å². The number of pyridine rings is 1. The van der Waals surface area contributed by atoms with Crippen LogP contribution < -0.4 is 10.6 Å². The van der Waals surface area contributed by atoms with Crippen molar-refractivity contribution in [2.75, 3.05) is 5.32 Å². The molecule has 7 nitrogen and oxygen atoms in total. The molecule has 1 aromatic heterocycles. The van der Waals surface area contributed by atoms with Gasteiger partial charge in [-0.1, -0.05) is 27.7 Å². The lowest BCUT2D eigenvalue weighted by atomic mass is 9.95. The fraction of sp³-hybridized carbons (Fsp3) is 0.636. The van der Waals surface area contributed by atoms with E-state index in [0.29, 0.717) is 5.69 Å². The first-order valence-electron chi connectivity index (χ1n) is 10.4. The predicted octanol–water partition coefficient (Wildman–Crippen LogP) is 2.58. The van der Waals surface area contributed by atoms with Crippen LogP contribution in [0.3, 0.4) is 0 Å². The van der Waals surface area contributed by atoms with Gasteiger partial charge in [0, 0.05) is 25.1 Å². The monoisotopic (exact) mass is 398 g/mol. The summed E-state index contributed by atoms with van der Waals surface area (Å²) in [4.78, 5) is 43.8. The van der Waals surface area contributed by atoms with Gasteiger partial charge in [-0.2, -0.15) is 0 Å². The van der Waals surface area contributed by atoms with E-state index in [1.165, 1.54) is 13.1 Å². The van der Waals surface area contributed by atoms with E-state index in [1.54, 1.807) is 12.1 Å². The Morgan fingerprint density at radius 3 is 2.45 bits per heavy atom. The number of nitrogens with zero attached hydrogens (tertiary/aromatic N) is 2. The van der Waals surface area contributed by atoms with E-state index in [1.807, 2.05) is 0 Å². The van der Waals surface area contributed by atoms with Crippen molar-refractivity contribution in [2.45, 2.75) is 72.0 Å². The molecule has 2 bridgehead atoms. The normalized spacial score (nSPS) is 28.9. The molecule has 0 unspecified atom stereocenters. The molecule has 3 amide bonds. The quantitative estimate of drug-likeness (QED) is 0.815. The van der Waals surface area contributed by atoms with Crippen LogP contribution in [-0.4, -0.2) is 45.7 Å². The molecule has 3 heterocycles. The van der Waals surface area contributed by atoms with Crippen LogP contribution in [0, 0.1) is 16.7 Å². The van der Waals surface area contributed by atoms with Gasteiger partial charge in [-0.25, -0.2) is 4.98 Å². The van der Waals surface area contributed by atoms with Gasteiger partial charge in [-0.3, -0.25) is 14.4 Å². The highest BCUT2D eigenvalue weighted by Gasteiger charge is 2.70. The lowest BCUT2D eigenvalue weighted by molar-refractivity contribution is -0.135. The Hall–Kier alpha value is -2.44. The molecule has 7 heteroatoms. The van der Waals surface area contributed by atoms with Crippen molar-refractivity contribution in [1.29, 1.82) is 0 Å². The number of hydrogen-bond donors (Lipinski definition) is 2. The summed E-state index contributed by atoms with van der Waals surface area (Å²) in [7, 11) is 0. The first kappa shape index (κ1) is 19.9.